The molecule has 0 spiro atoms. The van der Waals surface area contributed by atoms with Crippen molar-refractivity contribution in [1.82, 2.24) is 15.5 Å². The first-order valence-electron chi connectivity index (χ1n) is 12.9. The molecule has 1 aliphatic rings. The highest BCUT2D eigenvalue weighted by Crippen LogP contribution is 2.23. The summed E-state index contributed by atoms with van der Waals surface area (Å²) >= 11 is 0. The van der Waals surface area contributed by atoms with Crippen LogP contribution in [-0.4, -0.2) is 63.1 Å². The minimum absolute atomic E-state index is 0.0580. The predicted molar refractivity (Wildman–Crippen MR) is 144 cm³/mol. The van der Waals surface area contributed by atoms with Gasteiger partial charge in [0, 0.05) is 32.1 Å². The van der Waals surface area contributed by atoms with Crippen LogP contribution in [0.2, 0.25) is 0 Å². The lowest BCUT2D eigenvalue weighted by atomic mass is 10.0. The summed E-state index contributed by atoms with van der Waals surface area (Å²) in [7, 11) is 0. The maximum absolute atomic E-state index is 13.7. The summed E-state index contributed by atoms with van der Waals surface area (Å²) in [6.07, 6.45) is -1.69. The van der Waals surface area contributed by atoms with Crippen molar-refractivity contribution in [3.63, 3.8) is 0 Å². The van der Waals surface area contributed by atoms with Crippen molar-refractivity contribution in [2.24, 2.45) is 0 Å². The number of likely N-dealkylation sites (tertiary alicyclic amines) is 1. The number of halogens is 1. The molecular weight excluding hydrogens is 519 g/mol. The van der Waals surface area contributed by atoms with Gasteiger partial charge in [-0.05, 0) is 29.2 Å². The third-order valence-electron chi connectivity index (χ3n) is 6.90. The van der Waals surface area contributed by atoms with E-state index in [1.165, 1.54) is 6.07 Å². The summed E-state index contributed by atoms with van der Waals surface area (Å²) in [5.74, 6) is -2.12. The van der Waals surface area contributed by atoms with Crippen LogP contribution in [0.15, 0.2) is 78.9 Å². The number of benzene rings is 3. The minimum Gasteiger partial charge on any atom is -0.391 e. The lowest BCUT2D eigenvalue weighted by Gasteiger charge is -2.28. The van der Waals surface area contributed by atoms with Crippen LogP contribution in [0, 0.1) is 15.9 Å². The topological polar surface area (TPSA) is 145 Å². The van der Waals surface area contributed by atoms with Crippen molar-refractivity contribution in [2.45, 2.75) is 43.7 Å². The van der Waals surface area contributed by atoms with Gasteiger partial charge in [0.25, 0.3) is 0 Å². The average Bonchev–Trinajstić information content (AvgIpc) is 3.31. The van der Waals surface area contributed by atoms with Crippen molar-refractivity contribution in [1.29, 1.82) is 0 Å². The van der Waals surface area contributed by atoms with Crippen LogP contribution in [0.5, 0.6) is 0 Å². The molecule has 40 heavy (non-hydrogen) atoms. The van der Waals surface area contributed by atoms with Gasteiger partial charge in [0.1, 0.15) is 12.1 Å². The second kappa shape index (κ2) is 13.2. The molecule has 4 N–H and O–H groups in total. The maximum Gasteiger partial charge on any atom is 0.305 e. The van der Waals surface area contributed by atoms with Gasteiger partial charge in [0.2, 0.25) is 17.6 Å². The Morgan fingerprint density at radius 3 is 2.35 bits per heavy atom. The Morgan fingerprint density at radius 2 is 1.70 bits per heavy atom. The van der Waals surface area contributed by atoms with Gasteiger partial charge in [-0.2, -0.15) is 4.39 Å². The predicted octanol–water partition coefficient (Wildman–Crippen LogP) is 2.25. The van der Waals surface area contributed by atoms with E-state index in [-0.39, 0.29) is 18.5 Å². The first-order valence-corrected chi connectivity index (χ1v) is 12.9. The smallest absolute Gasteiger partial charge is 0.305 e. The van der Waals surface area contributed by atoms with Gasteiger partial charge < -0.3 is 20.8 Å². The van der Waals surface area contributed by atoms with Crippen LogP contribution in [0.4, 0.5) is 10.1 Å². The highest BCUT2D eigenvalue weighted by atomic mass is 19.1. The highest BCUT2D eigenvalue weighted by molar-refractivity contribution is 5.90. The number of nitro groups is 1. The zero-order valence-electron chi connectivity index (χ0n) is 21.7. The molecule has 0 bridgehead atoms. The second-order valence-corrected chi connectivity index (χ2v) is 9.74. The Bertz CT molecular complexity index is 1330. The quantitative estimate of drug-likeness (QED) is 0.212. The number of nitro benzene ring substituents is 1. The molecule has 1 aliphatic heterocycles. The van der Waals surface area contributed by atoms with Crippen LogP contribution in [0.1, 0.15) is 29.2 Å². The lowest BCUT2D eigenvalue weighted by molar-refractivity contribution is -0.387. The molecule has 11 heteroatoms. The van der Waals surface area contributed by atoms with E-state index in [2.05, 4.69) is 10.6 Å². The molecule has 0 aliphatic carbocycles. The fourth-order valence-electron chi connectivity index (χ4n) is 4.81. The molecule has 0 aromatic heterocycles. The zero-order chi connectivity index (χ0) is 28.6. The standard InChI is InChI=1S/C29H31FN4O6/c30-22-12-11-21(16-24(22)34(39)40)26(36)17-31-28(37)23(15-19-7-3-1-4-8-19)32-29(38)27-25(35)13-14-33(27)18-20-9-5-2-6-10-20/h1-12,16,23,25-27,35-36H,13-15,17-18H2,(H,31,37)(H,32,38)/t23-,25-,26-,27-/m0/s1. The van der Waals surface area contributed by atoms with Crippen LogP contribution in [0.25, 0.3) is 0 Å². The summed E-state index contributed by atoms with van der Waals surface area (Å²) in [4.78, 5) is 38.7. The average molecular weight is 551 g/mol. The van der Waals surface area contributed by atoms with Crippen LogP contribution in [0.3, 0.4) is 0 Å². The van der Waals surface area contributed by atoms with Crippen molar-refractivity contribution in [3.8, 4) is 0 Å². The number of hydrogen-bond acceptors (Lipinski definition) is 7. The van der Waals surface area contributed by atoms with Gasteiger partial charge in [0.15, 0.2) is 0 Å². The van der Waals surface area contributed by atoms with Crippen LogP contribution >= 0.6 is 0 Å². The SMILES string of the molecule is O=C(NC[C@H](O)c1ccc(F)c([N+](=O)[O-])c1)[C@H](Cc1ccccc1)NC(=O)[C@@H]1[C@@H](O)CCN1Cc1ccccc1. The van der Waals surface area contributed by atoms with E-state index >= 15 is 0 Å². The summed E-state index contributed by atoms with van der Waals surface area (Å²) in [5, 5.41) is 37.5. The van der Waals surface area contributed by atoms with Gasteiger partial charge in [-0.15, -0.1) is 0 Å². The van der Waals surface area contributed by atoms with Crippen molar-refractivity contribution < 1.29 is 29.1 Å². The van der Waals surface area contributed by atoms with Gasteiger partial charge in [0.05, 0.1) is 17.1 Å². The minimum atomic E-state index is -1.35. The molecule has 0 radical (unpaired) electrons. The Kier molecular flexibility index (Phi) is 9.54. The fourth-order valence-corrected chi connectivity index (χ4v) is 4.81. The monoisotopic (exact) mass is 550 g/mol. The molecule has 3 aromatic carbocycles. The first-order chi connectivity index (χ1) is 19.2. The number of hydrogen-bond donors (Lipinski definition) is 4. The summed E-state index contributed by atoms with van der Waals surface area (Å²) < 4.78 is 13.7. The van der Waals surface area contributed by atoms with Gasteiger partial charge in [-0.25, -0.2) is 0 Å². The lowest BCUT2D eigenvalue weighted by Crippen LogP contribution is -2.55. The van der Waals surface area contributed by atoms with E-state index < -0.39 is 52.5 Å². The first kappa shape index (κ1) is 28.8. The second-order valence-electron chi connectivity index (χ2n) is 9.74. The Labute approximate surface area is 230 Å². The third-order valence-corrected chi connectivity index (χ3v) is 6.90. The number of carbonyl (C=O) groups is 2. The number of nitrogens with zero attached hydrogens (tertiary/aromatic N) is 2. The number of aliphatic hydroxyl groups excluding tert-OH is 2. The summed E-state index contributed by atoms with van der Waals surface area (Å²) in [6.45, 7) is 0.649. The molecule has 1 saturated heterocycles. The molecular formula is C29H31FN4O6. The molecule has 0 unspecified atom stereocenters. The van der Waals surface area contributed by atoms with Gasteiger partial charge in [-0.3, -0.25) is 24.6 Å². The molecule has 3 aromatic rings. The normalized spacial score (nSPS) is 18.6. The van der Waals surface area contributed by atoms with Crippen molar-refractivity contribution in [2.75, 3.05) is 13.1 Å². The van der Waals surface area contributed by atoms with E-state index in [9.17, 15) is 34.3 Å². The molecule has 4 atom stereocenters. The number of aliphatic hydroxyl groups is 2. The van der Waals surface area contributed by atoms with Crippen molar-refractivity contribution in [3.05, 3.63) is 111 Å². The van der Waals surface area contributed by atoms with E-state index in [4.69, 9.17) is 0 Å². The van der Waals surface area contributed by atoms with Crippen molar-refractivity contribution >= 4 is 17.5 Å². The Hall–Kier alpha value is -4.19. The third kappa shape index (κ3) is 7.26. The molecule has 1 heterocycles. The maximum atomic E-state index is 13.7. The summed E-state index contributed by atoms with van der Waals surface area (Å²) in [6, 6.07) is 19.7. The zero-order valence-corrected chi connectivity index (χ0v) is 21.7. The van der Waals surface area contributed by atoms with Crippen LogP contribution < -0.4 is 10.6 Å². The molecule has 4 rings (SSSR count). The number of rotatable bonds is 11. The number of nitrogens with one attached hydrogen (secondary N) is 2. The van der Waals surface area contributed by atoms with E-state index in [0.29, 0.717) is 19.5 Å². The molecule has 2 amide bonds. The Balaban J connectivity index is 1.46. The van der Waals surface area contributed by atoms with E-state index in [1.54, 1.807) is 12.1 Å². The van der Waals surface area contributed by atoms with E-state index in [0.717, 1.165) is 23.3 Å². The number of carbonyl (C=O) groups excluding carboxylic acids is 2. The van der Waals surface area contributed by atoms with Gasteiger partial charge in [-0.1, -0.05) is 66.7 Å². The summed E-state index contributed by atoms with van der Waals surface area (Å²) in [5.41, 5.74) is 1.05. The molecule has 10 nitrogen and oxygen atoms in total. The van der Waals surface area contributed by atoms with Crippen LogP contribution in [-0.2, 0) is 22.6 Å². The highest BCUT2D eigenvalue weighted by Gasteiger charge is 2.39. The molecule has 210 valence electrons. The van der Waals surface area contributed by atoms with E-state index in [1.807, 2.05) is 53.4 Å². The largest absolute Gasteiger partial charge is 0.391 e. The van der Waals surface area contributed by atoms with Gasteiger partial charge >= 0.3 is 5.69 Å². The Morgan fingerprint density at radius 1 is 1.05 bits per heavy atom. The fraction of sp³-hybridized carbons (Fsp3) is 0.310. The molecule has 1 fully saturated rings. The molecule has 0 saturated carbocycles. The number of amides is 2.